The molecule has 0 aliphatic carbocycles. The maximum Gasteiger partial charge on any atom is 0.129 e. The van der Waals surface area contributed by atoms with Crippen LogP contribution < -0.4 is 9.47 Å². The Morgan fingerprint density at radius 3 is 1.84 bits per heavy atom. The van der Waals surface area contributed by atoms with Gasteiger partial charge in [-0.05, 0) is 61.8 Å². The number of rotatable bonds is 12. The van der Waals surface area contributed by atoms with E-state index >= 15 is 0 Å². The van der Waals surface area contributed by atoms with Gasteiger partial charge < -0.3 is 14.6 Å². The van der Waals surface area contributed by atoms with Crippen molar-refractivity contribution in [3.63, 3.8) is 0 Å². The Morgan fingerprint density at radius 1 is 0.781 bits per heavy atom. The minimum atomic E-state index is -1.18. The van der Waals surface area contributed by atoms with E-state index in [0.29, 0.717) is 0 Å². The van der Waals surface area contributed by atoms with Crippen molar-refractivity contribution < 1.29 is 14.6 Å². The lowest BCUT2D eigenvalue weighted by molar-refractivity contribution is 0.0285. The summed E-state index contributed by atoms with van der Waals surface area (Å²) in [4.78, 5) is 0. The molecule has 0 fully saturated rings. The standard InChI is InChI=1S/C29H44O3/c1-9-10-11-12-13-14-15-24-16-18-25(19-17-24)29(30,20(2)3)26-23(6)27(31-7)21(4)22(5)28(26)32-8/h16-20,30H,9-15H2,1-8H3. The Labute approximate surface area is 196 Å². The minimum Gasteiger partial charge on any atom is -0.496 e. The zero-order chi connectivity index (χ0) is 23.9. The molecule has 0 spiro atoms. The smallest absolute Gasteiger partial charge is 0.129 e. The Kier molecular flexibility index (Phi) is 9.64. The van der Waals surface area contributed by atoms with Crippen molar-refractivity contribution in [1.29, 1.82) is 0 Å². The Morgan fingerprint density at radius 2 is 1.31 bits per heavy atom. The first-order valence-electron chi connectivity index (χ1n) is 12.3. The van der Waals surface area contributed by atoms with Crippen LogP contribution in [0.2, 0.25) is 0 Å². The number of hydrogen-bond donors (Lipinski definition) is 1. The summed E-state index contributed by atoms with van der Waals surface area (Å²) >= 11 is 0. The molecule has 1 atom stereocenters. The zero-order valence-corrected chi connectivity index (χ0v) is 21.6. The fourth-order valence-corrected chi connectivity index (χ4v) is 4.91. The first kappa shape index (κ1) is 26.3. The van der Waals surface area contributed by atoms with E-state index in [1.807, 2.05) is 20.8 Å². The van der Waals surface area contributed by atoms with Gasteiger partial charge in [0.05, 0.1) is 14.2 Å². The van der Waals surface area contributed by atoms with Gasteiger partial charge in [0, 0.05) is 11.1 Å². The molecule has 1 unspecified atom stereocenters. The molecule has 0 aliphatic rings. The molecule has 2 rings (SSSR count). The van der Waals surface area contributed by atoms with Crippen molar-refractivity contribution in [2.24, 2.45) is 5.92 Å². The van der Waals surface area contributed by atoms with E-state index in [4.69, 9.17) is 9.47 Å². The van der Waals surface area contributed by atoms with Crippen LogP contribution in [0.15, 0.2) is 24.3 Å². The molecule has 0 amide bonds. The summed E-state index contributed by atoms with van der Waals surface area (Å²) < 4.78 is 11.6. The molecule has 0 bridgehead atoms. The lowest BCUT2D eigenvalue weighted by Gasteiger charge is -2.37. The van der Waals surface area contributed by atoms with Crippen molar-refractivity contribution in [3.8, 4) is 11.5 Å². The number of aryl methyl sites for hydroxylation is 1. The van der Waals surface area contributed by atoms with Crippen LogP contribution in [-0.2, 0) is 12.0 Å². The molecule has 0 aliphatic heterocycles. The van der Waals surface area contributed by atoms with E-state index in [1.165, 1.54) is 44.1 Å². The van der Waals surface area contributed by atoms with Crippen LogP contribution in [-0.4, -0.2) is 19.3 Å². The summed E-state index contributed by atoms with van der Waals surface area (Å²) in [5, 5.41) is 12.2. The number of benzene rings is 2. The highest BCUT2D eigenvalue weighted by molar-refractivity contribution is 5.62. The van der Waals surface area contributed by atoms with E-state index in [9.17, 15) is 5.11 Å². The summed E-state index contributed by atoms with van der Waals surface area (Å²) in [6.45, 7) is 12.5. The maximum atomic E-state index is 12.2. The second kappa shape index (κ2) is 11.7. The molecule has 0 heterocycles. The van der Waals surface area contributed by atoms with Gasteiger partial charge in [-0.1, -0.05) is 77.1 Å². The molecular weight excluding hydrogens is 396 g/mol. The van der Waals surface area contributed by atoms with Gasteiger partial charge in [0.2, 0.25) is 0 Å². The molecule has 0 radical (unpaired) electrons. The lowest BCUT2D eigenvalue weighted by atomic mass is 9.74. The second-order valence-electron chi connectivity index (χ2n) is 9.45. The van der Waals surface area contributed by atoms with E-state index in [1.54, 1.807) is 14.2 Å². The van der Waals surface area contributed by atoms with E-state index in [2.05, 4.69) is 45.0 Å². The van der Waals surface area contributed by atoms with Crippen molar-refractivity contribution >= 4 is 0 Å². The predicted molar refractivity (Wildman–Crippen MR) is 135 cm³/mol. The van der Waals surface area contributed by atoms with Crippen molar-refractivity contribution in [2.45, 2.75) is 92.1 Å². The summed E-state index contributed by atoms with van der Waals surface area (Å²) in [5.74, 6) is 1.51. The highest BCUT2D eigenvalue weighted by Gasteiger charge is 2.41. The SMILES string of the molecule is CCCCCCCCc1ccc(C(O)(c2c(C)c(OC)c(C)c(C)c2OC)C(C)C)cc1. The van der Waals surface area contributed by atoms with Crippen molar-refractivity contribution in [3.05, 3.63) is 57.6 Å². The minimum absolute atomic E-state index is 0.0497. The van der Waals surface area contributed by atoms with Gasteiger partial charge in [-0.25, -0.2) is 0 Å². The van der Waals surface area contributed by atoms with E-state index in [0.717, 1.165) is 45.7 Å². The first-order chi connectivity index (χ1) is 15.2. The van der Waals surface area contributed by atoms with Crippen LogP contribution in [0.4, 0.5) is 0 Å². The number of aliphatic hydroxyl groups is 1. The highest BCUT2D eigenvalue weighted by Crippen LogP contribution is 2.48. The van der Waals surface area contributed by atoms with Crippen LogP contribution in [0.1, 0.15) is 92.7 Å². The summed E-state index contributed by atoms with van der Waals surface area (Å²) in [5.41, 5.74) is 4.83. The fraction of sp³-hybridized carbons (Fsp3) is 0.586. The molecular formula is C29H44O3. The van der Waals surface area contributed by atoms with E-state index in [-0.39, 0.29) is 5.92 Å². The maximum absolute atomic E-state index is 12.2. The quantitative estimate of drug-likeness (QED) is 0.349. The van der Waals surface area contributed by atoms with Gasteiger partial charge in [-0.2, -0.15) is 0 Å². The van der Waals surface area contributed by atoms with Crippen LogP contribution in [0.3, 0.4) is 0 Å². The molecule has 3 nitrogen and oxygen atoms in total. The molecule has 178 valence electrons. The Bertz CT molecular complexity index is 867. The fourth-order valence-electron chi connectivity index (χ4n) is 4.91. The van der Waals surface area contributed by atoms with Crippen LogP contribution in [0.5, 0.6) is 11.5 Å². The third-order valence-corrected chi connectivity index (χ3v) is 7.02. The van der Waals surface area contributed by atoms with Gasteiger partial charge in [-0.15, -0.1) is 0 Å². The predicted octanol–water partition coefficient (Wildman–Crippen LogP) is 7.42. The molecule has 3 heteroatoms. The number of ether oxygens (including phenoxy) is 2. The van der Waals surface area contributed by atoms with Gasteiger partial charge in [0.1, 0.15) is 17.1 Å². The van der Waals surface area contributed by atoms with Crippen LogP contribution in [0.25, 0.3) is 0 Å². The lowest BCUT2D eigenvalue weighted by Crippen LogP contribution is -2.35. The average molecular weight is 441 g/mol. The summed E-state index contributed by atoms with van der Waals surface area (Å²) in [7, 11) is 3.37. The zero-order valence-electron chi connectivity index (χ0n) is 21.6. The number of methoxy groups -OCH3 is 2. The van der Waals surface area contributed by atoms with Gasteiger partial charge in [-0.3, -0.25) is 0 Å². The Balaban J connectivity index is 2.41. The molecule has 1 N–H and O–H groups in total. The van der Waals surface area contributed by atoms with E-state index < -0.39 is 5.60 Å². The normalized spacial score (nSPS) is 13.3. The third-order valence-electron chi connectivity index (χ3n) is 7.02. The second-order valence-corrected chi connectivity index (χ2v) is 9.45. The molecule has 2 aromatic carbocycles. The summed E-state index contributed by atoms with van der Waals surface area (Å²) in [6.07, 6.45) is 8.90. The monoisotopic (exact) mass is 440 g/mol. The Hall–Kier alpha value is -2.00. The van der Waals surface area contributed by atoms with Crippen LogP contribution in [0, 0.1) is 26.7 Å². The molecule has 0 aromatic heterocycles. The number of hydrogen-bond acceptors (Lipinski definition) is 3. The van der Waals surface area contributed by atoms with Gasteiger partial charge in [0.15, 0.2) is 0 Å². The largest absolute Gasteiger partial charge is 0.496 e. The molecule has 2 aromatic rings. The van der Waals surface area contributed by atoms with Gasteiger partial charge in [0.25, 0.3) is 0 Å². The topological polar surface area (TPSA) is 38.7 Å². The molecule has 0 saturated heterocycles. The molecule has 0 saturated carbocycles. The third kappa shape index (κ3) is 5.31. The van der Waals surface area contributed by atoms with Crippen LogP contribution >= 0.6 is 0 Å². The average Bonchev–Trinajstić information content (AvgIpc) is 2.78. The summed E-state index contributed by atoms with van der Waals surface area (Å²) in [6, 6.07) is 8.53. The highest BCUT2D eigenvalue weighted by atomic mass is 16.5. The van der Waals surface area contributed by atoms with Gasteiger partial charge >= 0.3 is 0 Å². The number of unbranched alkanes of at least 4 members (excludes halogenated alkanes) is 5. The van der Waals surface area contributed by atoms with Crippen molar-refractivity contribution in [1.82, 2.24) is 0 Å². The molecule has 32 heavy (non-hydrogen) atoms. The van der Waals surface area contributed by atoms with Crippen molar-refractivity contribution in [2.75, 3.05) is 14.2 Å². The first-order valence-corrected chi connectivity index (χ1v) is 12.3.